The summed E-state index contributed by atoms with van der Waals surface area (Å²) in [5.74, 6) is 0. The van der Waals surface area contributed by atoms with Crippen molar-refractivity contribution in [2.45, 2.75) is 6.54 Å². The summed E-state index contributed by atoms with van der Waals surface area (Å²) in [7, 11) is 0. The second kappa shape index (κ2) is 9.15. The van der Waals surface area contributed by atoms with E-state index in [1.54, 1.807) is 0 Å². The molecule has 0 saturated carbocycles. The molecule has 2 aliphatic heterocycles. The van der Waals surface area contributed by atoms with Gasteiger partial charge in [-0.05, 0) is 56.0 Å². The summed E-state index contributed by atoms with van der Waals surface area (Å²) < 4.78 is 0. The number of rotatable bonds is 4. The molecule has 0 atom stereocenters. The van der Waals surface area contributed by atoms with Crippen LogP contribution in [0.2, 0.25) is 0 Å². The molecule has 174 valence electrons. The molecule has 0 fully saturated rings. The molecule has 0 unspecified atom stereocenters. The van der Waals surface area contributed by atoms with Crippen LogP contribution in [0.15, 0.2) is 145 Å². The van der Waals surface area contributed by atoms with Gasteiger partial charge in [-0.3, -0.25) is 0 Å². The molecule has 0 N–H and O–H groups in total. The molecule has 2 heteroatoms. The Morgan fingerprint density at radius 2 is 1.08 bits per heavy atom. The molecule has 2 aliphatic rings. The Labute approximate surface area is 219 Å². The Morgan fingerprint density at radius 3 is 1.81 bits per heavy atom. The van der Waals surface area contributed by atoms with Gasteiger partial charge in [-0.1, -0.05) is 140 Å². The quantitative estimate of drug-likeness (QED) is 0.245. The summed E-state index contributed by atoms with van der Waals surface area (Å²) in [5.41, 5.74) is 13.0. The lowest BCUT2D eigenvalue weighted by Gasteiger charge is -2.42. The Kier molecular flexibility index (Phi) is 5.37. The van der Waals surface area contributed by atoms with E-state index in [0.29, 0.717) is 0 Å². The summed E-state index contributed by atoms with van der Waals surface area (Å²) in [6, 6.07) is 50.5. The molecule has 0 amide bonds. The Balaban J connectivity index is 1.55. The van der Waals surface area contributed by atoms with E-state index in [2.05, 4.69) is 150 Å². The highest BCUT2D eigenvalue weighted by atomic mass is 15.1. The van der Waals surface area contributed by atoms with Crippen molar-refractivity contribution in [1.82, 2.24) is 0 Å². The topological polar surface area (TPSA) is 3.24 Å². The zero-order chi connectivity index (χ0) is 24.6. The predicted octanol–water partition coefficient (Wildman–Crippen LogP) is 7.50. The number of hydrogen-bond donors (Lipinski definition) is 0. The molecular formula is C35H26BN. The van der Waals surface area contributed by atoms with Crippen LogP contribution >= 0.6 is 0 Å². The van der Waals surface area contributed by atoms with Gasteiger partial charge in [0.1, 0.15) is 0 Å². The standard InChI is InChI=1S/C35H26BN/c1-4-14-26(15-5-1)25-37-33-23-13-10-20-29(33)24-32-35(28-18-8-3-9-19-28)34(27-16-6-2-7-17-27)30-21-11-12-22-31(30)36(32)37/h1-24H,25H2. The highest BCUT2D eigenvalue weighted by Crippen LogP contribution is 2.45. The lowest BCUT2D eigenvalue weighted by Crippen LogP contribution is -2.54. The van der Waals surface area contributed by atoms with Crippen LogP contribution in [0.25, 0.3) is 17.2 Å². The van der Waals surface area contributed by atoms with Crippen LogP contribution in [0.3, 0.4) is 0 Å². The van der Waals surface area contributed by atoms with Crippen LogP contribution in [0, 0.1) is 0 Å². The molecular weight excluding hydrogens is 445 g/mol. The molecule has 0 aromatic heterocycles. The number of fused-ring (bicyclic) bond motifs is 4. The highest BCUT2D eigenvalue weighted by Gasteiger charge is 2.42. The predicted molar refractivity (Wildman–Crippen MR) is 158 cm³/mol. The minimum absolute atomic E-state index is 0.119. The van der Waals surface area contributed by atoms with Gasteiger partial charge in [0.25, 0.3) is 0 Å². The summed E-state index contributed by atoms with van der Waals surface area (Å²) >= 11 is 0. The first kappa shape index (κ1) is 21.7. The second-order valence-corrected chi connectivity index (χ2v) is 9.74. The largest absolute Gasteiger partial charge is 0.402 e. The zero-order valence-electron chi connectivity index (χ0n) is 20.6. The molecule has 0 saturated heterocycles. The van der Waals surface area contributed by atoms with E-state index in [-0.39, 0.29) is 6.85 Å². The lowest BCUT2D eigenvalue weighted by atomic mass is 9.40. The number of hydrogen-bond acceptors (Lipinski definition) is 1. The van der Waals surface area contributed by atoms with Crippen LogP contribution in [-0.2, 0) is 6.54 Å². The van der Waals surface area contributed by atoms with Crippen molar-refractivity contribution in [1.29, 1.82) is 0 Å². The number of para-hydroxylation sites is 1. The maximum atomic E-state index is 2.60. The molecule has 0 radical (unpaired) electrons. The smallest absolute Gasteiger partial charge is 0.325 e. The monoisotopic (exact) mass is 471 g/mol. The van der Waals surface area contributed by atoms with Crippen LogP contribution in [0.5, 0.6) is 0 Å². The van der Waals surface area contributed by atoms with Gasteiger partial charge in [-0.15, -0.1) is 0 Å². The first-order chi connectivity index (χ1) is 18.4. The molecule has 7 rings (SSSR count). The van der Waals surface area contributed by atoms with E-state index in [1.807, 2.05) is 0 Å². The van der Waals surface area contributed by atoms with Crippen LogP contribution < -0.4 is 10.3 Å². The number of nitrogens with zero attached hydrogens (tertiary/aromatic N) is 1. The van der Waals surface area contributed by atoms with Gasteiger partial charge in [-0.25, -0.2) is 0 Å². The Bertz CT molecular complexity index is 1640. The van der Waals surface area contributed by atoms with Crippen molar-refractivity contribution >= 4 is 35.2 Å². The van der Waals surface area contributed by atoms with Gasteiger partial charge in [0.15, 0.2) is 0 Å². The fourth-order valence-corrected chi connectivity index (χ4v) is 5.99. The summed E-state index contributed by atoms with van der Waals surface area (Å²) in [5, 5.41) is 0. The first-order valence-corrected chi connectivity index (χ1v) is 12.9. The third-order valence-corrected chi connectivity index (χ3v) is 7.55. The first-order valence-electron chi connectivity index (χ1n) is 12.9. The molecule has 0 spiro atoms. The van der Waals surface area contributed by atoms with Crippen molar-refractivity contribution in [3.8, 4) is 0 Å². The normalized spacial score (nSPS) is 14.0. The van der Waals surface area contributed by atoms with E-state index in [4.69, 9.17) is 0 Å². The average Bonchev–Trinajstić information content (AvgIpc) is 2.97. The highest BCUT2D eigenvalue weighted by molar-refractivity contribution is 6.88. The molecule has 5 aromatic rings. The molecule has 5 aromatic carbocycles. The van der Waals surface area contributed by atoms with Gasteiger partial charge in [-0.2, -0.15) is 0 Å². The zero-order valence-corrected chi connectivity index (χ0v) is 20.6. The SMILES string of the molecule is C1=C2B(c3ccccc3C(c3ccccc3)=C2c2ccccc2)N(Cc2ccccc2)c2ccccc21. The van der Waals surface area contributed by atoms with Gasteiger partial charge < -0.3 is 4.81 Å². The van der Waals surface area contributed by atoms with Crippen molar-refractivity contribution < 1.29 is 0 Å². The third-order valence-electron chi connectivity index (χ3n) is 7.55. The fourth-order valence-electron chi connectivity index (χ4n) is 5.99. The minimum Gasteiger partial charge on any atom is -0.402 e. The van der Waals surface area contributed by atoms with Gasteiger partial charge in [0.2, 0.25) is 0 Å². The van der Waals surface area contributed by atoms with Gasteiger partial charge >= 0.3 is 6.85 Å². The lowest BCUT2D eigenvalue weighted by molar-refractivity contribution is 1.02. The number of benzene rings is 5. The van der Waals surface area contributed by atoms with Crippen LogP contribution in [-0.4, -0.2) is 6.85 Å². The third kappa shape index (κ3) is 3.73. The Hall–Kier alpha value is -4.56. The number of allylic oxidation sites excluding steroid dienone is 2. The summed E-state index contributed by atoms with van der Waals surface area (Å²) in [6.45, 7) is 0.964. The van der Waals surface area contributed by atoms with E-state index >= 15 is 0 Å². The van der Waals surface area contributed by atoms with Crippen molar-refractivity contribution in [2.75, 3.05) is 4.81 Å². The molecule has 37 heavy (non-hydrogen) atoms. The average molecular weight is 471 g/mol. The van der Waals surface area contributed by atoms with Crippen LogP contribution in [0.1, 0.15) is 27.8 Å². The van der Waals surface area contributed by atoms with Crippen molar-refractivity contribution in [3.05, 3.63) is 173 Å². The minimum atomic E-state index is 0.119. The molecule has 0 aliphatic carbocycles. The van der Waals surface area contributed by atoms with Crippen LogP contribution in [0.4, 0.5) is 5.69 Å². The summed E-state index contributed by atoms with van der Waals surface area (Å²) in [4.78, 5) is 2.60. The maximum Gasteiger partial charge on any atom is 0.325 e. The molecule has 1 nitrogen and oxygen atoms in total. The van der Waals surface area contributed by atoms with Gasteiger partial charge in [0.05, 0.1) is 0 Å². The van der Waals surface area contributed by atoms with E-state index < -0.39 is 0 Å². The van der Waals surface area contributed by atoms with Crippen molar-refractivity contribution in [3.63, 3.8) is 0 Å². The van der Waals surface area contributed by atoms with E-state index in [0.717, 1.165) is 6.54 Å². The Morgan fingerprint density at radius 1 is 0.514 bits per heavy atom. The van der Waals surface area contributed by atoms with Crippen molar-refractivity contribution in [2.24, 2.45) is 0 Å². The number of anilines is 1. The van der Waals surface area contributed by atoms with E-state index in [9.17, 15) is 0 Å². The van der Waals surface area contributed by atoms with E-state index in [1.165, 1.54) is 55.6 Å². The second-order valence-electron chi connectivity index (χ2n) is 9.74. The molecule has 0 bridgehead atoms. The fraction of sp³-hybridized carbons (Fsp3) is 0.0286. The summed E-state index contributed by atoms with van der Waals surface area (Å²) in [6.07, 6.45) is 2.43. The van der Waals surface area contributed by atoms with Gasteiger partial charge in [0, 0.05) is 12.2 Å². The maximum absolute atomic E-state index is 2.60. The molecule has 2 heterocycles.